The number of rotatable bonds is 2. The normalized spacial score (nSPS) is 43.9. The largest absolute Gasteiger partial charge is 0.348 e. The van der Waals surface area contributed by atoms with Crippen molar-refractivity contribution in [2.24, 2.45) is 22.7 Å². The van der Waals surface area contributed by atoms with Crippen LogP contribution in [0.25, 0.3) is 0 Å². The van der Waals surface area contributed by atoms with Crippen LogP contribution in [0.1, 0.15) is 35.1 Å². The summed E-state index contributed by atoms with van der Waals surface area (Å²) in [5.74, 6) is 1.23. The molecule has 5 aliphatic rings. The third-order valence-corrected chi connectivity index (χ3v) is 9.19. The summed E-state index contributed by atoms with van der Waals surface area (Å²) in [6, 6.07) is 31.3. The lowest BCUT2D eigenvalue weighted by Gasteiger charge is -2.41. The molecular formula is C28H22O. The number of hydrogen-bond acceptors (Lipinski definition) is 1. The van der Waals surface area contributed by atoms with Gasteiger partial charge in [-0.1, -0.05) is 97.1 Å². The molecule has 3 aliphatic carbocycles. The van der Waals surface area contributed by atoms with Crippen molar-refractivity contribution in [2.45, 2.75) is 24.0 Å². The molecule has 2 saturated carbocycles. The van der Waals surface area contributed by atoms with E-state index in [4.69, 9.17) is 4.74 Å². The van der Waals surface area contributed by atoms with E-state index in [9.17, 15) is 0 Å². The quantitative estimate of drug-likeness (QED) is 0.515. The Bertz CT molecular complexity index is 1120. The van der Waals surface area contributed by atoms with Crippen molar-refractivity contribution in [3.05, 3.63) is 119 Å². The van der Waals surface area contributed by atoms with E-state index in [0.29, 0.717) is 11.8 Å². The van der Waals surface area contributed by atoms with Crippen molar-refractivity contribution in [1.29, 1.82) is 0 Å². The Balaban J connectivity index is 1.56. The third-order valence-electron chi connectivity index (χ3n) is 9.19. The second kappa shape index (κ2) is 4.42. The smallest absolute Gasteiger partial charge is 0.127 e. The van der Waals surface area contributed by atoms with Crippen LogP contribution in [-0.4, -0.2) is 0 Å². The van der Waals surface area contributed by atoms with E-state index in [0.717, 1.165) is 0 Å². The Labute approximate surface area is 171 Å². The van der Waals surface area contributed by atoms with Crippen LogP contribution in [0.2, 0.25) is 0 Å². The van der Waals surface area contributed by atoms with Crippen LogP contribution in [0.15, 0.2) is 97.1 Å². The summed E-state index contributed by atoms with van der Waals surface area (Å²) in [4.78, 5) is 0. The van der Waals surface area contributed by atoms with E-state index in [1.165, 1.54) is 35.1 Å². The van der Waals surface area contributed by atoms with Crippen LogP contribution < -0.4 is 0 Å². The van der Waals surface area contributed by atoms with E-state index < -0.39 is 0 Å². The lowest BCUT2D eigenvalue weighted by Crippen LogP contribution is -2.42. The topological polar surface area (TPSA) is 9.23 Å². The van der Waals surface area contributed by atoms with E-state index in [1.54, 1.807) is 0 Å². The fraction of sp³-hybridized carbons (Fsp3) is 0.286. The van der Waals surface area contributed by atoms with Gasteiger partial charge in [0.05, 0.1) is 0 Å². The molecular weight excluding hydrogens is 352 g/mol. The van der Waals surface area contributed by atoms with Crippen LogP contribution in [0.5, 0.6) is 0 Å². The standard InChI is InChI=1S/C28H22O/c1-3-9-19(10-4-1)27-23-13-7-8-14-24(23)28(29-27,20-11-5-2-6-12-20)26-18-25(26,27)21-15-16-22(26)17-21/h1-16,21-22H,17-18H2/t21-,22+,25+,26-,27+,28-. The fourth-order valence-electron chi connectivity index (χ4n) is 8.54. The minimum Gasteiger partial charge on any atom is -0.348 e. The van der Waals surface area contributed by atoms with Crippen molar-refractivity contribution in [3.8, 4) is 0 Å². The first-order valence-electron chi connectivity index (χ1n) is 10.9. The van der Waals surface area contributed by atoms with Gasteiger partial charge in [0.2, 0.25) is 0 Å². The predicted octanol–water partition coefficient (Wildman–Crippen LogP) is 5.80. The minimum absolute atomic E-state index is 0.185. The van der Waals surface area contributed by atoms with Gasteiger partial charge in [0, 0.05) is 10.8 Å². The highest BCUT2D eigenvalue weighted by Gasteiger charge is 2.98. The Morgan fingerprint density at radius 2 is 1.03 bits per heavy atom. The molecule has 1 nitrogen and oxygen atoms in total. The second-order valence-corrected chi connectivity index (χ2v) is 9.70. The summed E-state index contributed by atoms with van der Waals surface area (Å²) in [6.07, 6.45) is 7.60. The van der Waals surface area contributed by atoms with Gasteiger partial charge in [-0.25, -0.2) is 0 Å². The maximum atomic E-state index is 7.54. The molecule has 1 saturated heterocycles. The lowest BCUT2D eigenvalue weighted by atomic mass is 9.57. The van der Waals surface area contributed by atoms with Crippen molar-refractivity contribution in [1.82, 2.24) is 0 Å². The number of benzene rings is 3. The number of ether oxygens (including phenoxy) is 1. The predicted molar refractivity (Wildman–Crippen MR) is 112 cm³/mol. The van der Waals surface area contributed by atoms with Crippen LogP contribution in [0.3, 0.4) is 0 Å². The van der Waals surface area contributed by atoms with E-state index >= 15 is 0 Å². The zero-order valence-corrected chi connectivity index (χ0v) is 16.2. The van der Waals surface area contributed by atoms with Crippen molar-refractivity contribution in [2.75, 3.05) is 0 Å². The highest BCUT2D eigenvalue weighted by molar-refractivity contribution is 5.68. The van der Waals surface area contributed by atoms with Gasteiger partial charge in [-0.15, -0.1) is 0 Å². The molecule has 6 atom stereocenters. The summed E-state index contributed by atoms with van der Waals surface area (Å²) in [6.45, 7) is 0. The fourth-order valence-corrected chi connectivity index (χ4v) is 8.54. The zero-order chi connectivity index (χ0) is 18.9. The second-order valence-electron chi connectivity index (χ2n) is 9.70. The van der Waals surface area contributed by atoms with Gasteiger partial charge in [0.25, 0.3) is 0 Å². The summed E-state index contributed by atoms with van der Waals surface area (Å²) in [5, 5.41) is 0. The Kier molecular flexibility index (Phi) is 2.32. The molecule has 0 unspecified atom stereocenters. The summed E-state index contributed by atoms with van der Waals surface area (Å²) in [5.41, 5.74) is 5.18. The van der Waals surface area contributed by atoms with Crippen molar-refractivity contribution < 1.29 is 4.74 Å². The van der Waals surface area contributed by atoms with Gasteiger partial charge in [-0.05, 0) is 46.9 Å². The molecule has 3 aromatic rings. The maximum absolute atomic E-state index is 7.54. The number of hydrogen-bond donors (Lipinski definition) is 0. The average molecular weight is 374 g/mol. The summed E-state index contributed by atoms with van der Waals surface area (Å²) >= 11 is 0. The third kappa shape index (κ3) is 1.22. The monoisotopic (exact) mass is 374 g/mol. The first kappa shape index (κ1) is 15.2. The van der Waals surface area contributed by atoms with Gasteiger partial charge < -0.3 is 4.74 Å². The number of fused-ring (bicyclic) bond motifs is 7. The highest BCUT2D eigenvalue weighted by Crippen LogP contribution is 2.99. The lowest BCUT2D eigenvalue weighted by molar-refractivity contribution is -0.110. The van der Waals surface area contributed by atoms with E-state index in [1.807, 2.05) is 0 Å². The van der Waals surface area contributed by atoms with Crippen molar-refractivity contribution in [3.63, 3.8) is 0 Å². The summed E-state index contributed by atoms with van der Waals surface area (Å²) < 4.78 is 7.54. The van der Waals surface area contributed by atoms with Gasteiger partial charge in [0.15, 0.2) is 0 Å². The Hall–Kier alpha value is -2.64. The van der Waals surface area contributed by atoms with Crippen LogP contribution in [0.4, 0.5) is 0 Å². The van der Waals surface area contributed by atoms with Crippen LogP contribution in [-0.2, 0) is 15.9 Å². The molecule has 0 N–H and O–H groups in total. The van der Waals surface area contributed by atoms with Gasteiger partial charge >= 0.3 is 0 Å². The van der Waals surface area contributed by atoms with Crippen LogP contribution >= 0.6 is 0 Å². The molecule has 8 rings (SSSR count). The SMILES string of the molecule is C1=C[C@H]2C[C@@H]1[C@@]13C[C@@]21[C@]1(c2ccccc2)O[C@@]3(c2ccccc2)c2ccccc21. The van der Waals surface area contributed by atoms with Crippen LogP contribution in [0, 0.1) is 22.7 Å². The maximum Gasteiger partial charge on any atom is 0.127 e. The van der Waals surface area contributed by atoms with Gasteiger partial charge in [-0.2, -0.15) is 0 Å². The van der Waals surface area contributed by atoms with Gasteiger partial charge in [0.1, 0.15) is 11.2 Å². The van der Waals surface area contributed by atoms with E-state index in [-0.39, 0.29) is 22.0 Å². The molecule has 3 fully saturated rings. The molecule has 0 radical (unpaired) electrons. The molecule has 2 heterocycles. The zero-order valence-electron chi connectivity index (χ0n) is 16.2. The summed E-state index contributed by atoms with van der Waals surface area (Å²) in [7, 11) is 0. The van der Waals surface area contributed by atoms with Gasteiger partial charge in [-0.3, -0.25) is 0 Å². The molecule has 140 valence electrons. The first-order chi connectivity index (χ1) is 14.3. The Morgan fingerprint density at radius 1 is 0.586 bits per heavy atom. The van der Waals surface area contributed by atoms with E-state index in [2.05, 4.69) is 97.1 Å². The van der Waals surface area contributed by atoms with Crippen molar-refractivity contribution >= 4 is 0 Å². The molecule has 29 heavy (non-hydrogen) atoms. The number of allylic oxidation sites excluding steroid dienone is 2. The Morgan fingerprint density at radius 3 is 1.52 bits per heavy atom. The minimum atomic E-state index is -0.342. The molecule has 2 aliphatic heterocycles. The highest BCUT2D eigenvalue weighted by atomic mass is 16.5. The molecule has 4 bridgehead atoms. The first-order valence-corrected chi connectivity index (χ1v) is 10.9. The molecule has 1 heteroatoms. The average Bonchev–Trinajstić information content (AvgIpc) is 3.09. The molecule has 0 spiro atoms. The molecule has 0 amide bonds. The molecule has 0 aromatic heterocycles. The molecule has 3 aromatic carbocycles.